The second-order valence-electron chi connectivity index (χ2n) is 4.92. The summed E-state index contributed by atoms with van der Waals surface area (Å²) in [6, 6.07) is 0. The van der Waals surface area contributed by atoms with Gasteiger partial charge in [-0.05, 0) is 25.2 Å². The molecule has 0 aliphatic heterocycles. The molecule has 1 fully saturated rings. The maximum Gasteiger partial charge on any atom is 0.0833 e. The Bertz CT molecular complexity index is 159. The molecule has 90 valence electrons. The first-order valence-electron chi connectivity index (χ1n) is 6.53. The maximum absolute atomic E-state index is 9.85. The highest BCUT2D eigenvalue weighted by molar-refractivity contribution is 4.73. The smallest absolute Gasteiger partial charge is 0.0833 e. The zero-order valence-corrected chi connectivity index (χ0v) is 10.2. The van der Waals surface area contributed by atoms with Crippen LogP contribution in [-0.4, -0.2) is 23.9 Å². The van der Waals surface area contributed by atoms with E-state index in [9.17, 15) is 5.11 Å². The van der Waals surface area contributed by atoms with Crippen LogP contribution in [0.4, 0.5) is 0 Å². The molecule has 0 aromatic rings. The van der Waals surface area contributed by atoms with Crippen LogP contribution in [-0.2, 0) is 4.74 Å². The Hall–Kier alpha value is -0.0800. The highest BCUT2D eigenvalue weighted by atomic mass is 16.5. The molecule has 1 saturated carbocycles. The van der Waals surface area contributed by atoms with E-state index in [-0.39, 0.29) is 12.2 Å². The first kappa shape index (κ1) is 13.0. The fourth-order valence-electron chi connectivity index (χ4n) is 2.07. The van der Waals surface area contributed by atoms with Gasteiger partial charge in [0.15, 0.2) is 0 Å². The Morgan fingerprint density at radius 2 is 2.00 bits per heavy atom. The van der Waals surface area contributed by atoms with Crippen LogP contribution in [0.25, 0.3) is 0 Å². The molecule has 0 aromatic carbocycles. The highest BCUT2D eigenvalue weighted by Gasteiger charge is 2.21. The summed E-state index contributed by atoms with van der Waals surface area (Å²) in [6.45, 7) is 5.29. The van der Waals surface area contributed by atoms with E-state index in [2.05, 4.69) is 13.8 Å². The Morgan fingerprint density at radius 1 is 1.27 bits per heavy atom. The third kappa shape index (κ3) is 4.98. The third-order valence-electron chi connectivity index (χ3n) is 3.56. The van der Waals surface area contributed by atoms with Gasteiger partial charge in [0.1, 0.15) is 0 Å². The van der Waals surface area contributed by atoms with Gasteiger partial charge >= 0.3 is 0 Å². The number of rotatable bonds is 5. The van der Waals surface area contributed by atoms with Crippen molar-refractivity contribution in [2.45, 2.75) is 71.0 Å². The van der Waals surface area contributed by atoms with Crippen molar-refractivity contribution in [1.82, 2.24) is 0 Å². The number of aliphatic hydroxyl groups is 1. The molecule has 0 aromatic heterocycles. The van der Waals surface area contributed by atoms with Crippen LogP contribution >= 0.6 is 0 Å². The van der Waals surface area contributed by atoms with E-state index >= 15 is 0 Å². The van der Waals surface area contributed by atoms with Gasteiger partial charge in [0.05, 0.1) is 12.2 Å². The number of hydrogen-bond acceptors (Lipinski definition) is 2. The standard InChI is InChI=1S/C13H26O2/c1-3-11(2)9-10-15-13-8-6-4-5-7-12(13)14/h11-14H,3-10H2,1-2H3. The molecular formula is C13H26O2. The van der Waals surface area contributed by atoms with Crippen molar-refractivity contribution in [3.05, 3.63) is 0 Å². The van der Waals surface area contributed by atoms with Crippen LogP contribution in [0.15, 0.2) is 0 Å². The molecule has 0 radical (unpaired) electrons. The van der Waals surface area contributed by atoms with E-state index in [1.54, 1.807) is 0 Å². The Kier molecular flexibility index (Phi) is 6.26. The SMILES string of the molecule is CCC(C)CCOC1CCCCCC1O. The van der Waals surface area contributed by atoms with Crippen molar-refractivity contribution in [2.75, 3.05) is 6.61 Å². The van der Waals surface area contributed by atoms with Gasteiger partial charge < -0.3 is 9.84 Å². The van der Waals surface area contributed by atoms with Crippen LogP contribution in [0, 0.1) is 5.92 Å². The van der Waals surface area contributed by atoms with Crippen LogP contribution in [0.1, 0.15) is 58.8 Å². The van der Waals surface area contributed by atoms with Crippen molar-refractivity contribution in [1.29, 1.82) is 0 Å². The van der Waals surface area contributed by atoms with Gasteiger partial charge in [0.2, 0.25) is 0 Å². The summed E-state index contributed by atoms with van der Waals surface area (Å²) in [7, 11) is 0. The number of aliphatic hydroxyl groups excluding tert-OH is 1. The maximum atomic E-state index is 9.85. The van der Waals surface area contributed by atoms with E-state index in [0.717, 1.165) is 38.2 Å². The molecular weight excluding hydrogens is 188 g/mol. The van der Waals surface area contributed by atoms with E-state index in [0.29, 0.717) is 0 Å². The lowest BCUT2D eigenvalue weighted by Gasteiger charge is -2.21. The summed E-state index contributed by atoms with van der Waals surface area (Å²) in [5.41, 5.74) is 0. The highest BCUT2D eigenvalue weighted by Crippen LogP contribution is 2.21. The molecule has 1 aliphatic carbocycles. The first-order chi connectivity index (χ1) is 7.24. The van der Waals surface area contributed by atoms with Crippen LogP contribution in [0.2, 0.25) is 0 Å². The van der Waals surface area contributed by atoms with Crippen molar-refractivity contribution in [3.63, 3.8) is 0 Å². The molecule has 3 unspecified atom stereocenters. The van der Waals surface area contributed by atoms with Gasteiger partial charge in [-0.25, -0.2) is 0 Å². The Morgan fingerprint density at radius 3 is 2.73 bits per heavy atom. The summed E-state index contributed by atoms with van der Waals surface area (Å²) in [5.74, 6) is 0.743. The minimum absolute atomic E-state index is 0.108. The van der Waals surface area contributed by atoms with Gasteiger partial charge in [-0.2, -0.15) is 0 Å². The van der Waals surface area contributed by atoms with Gasteiger partial charge in [-0.1, -0.05) is 39.5 Å². The molecule has 0 heterocycles. The van der Waals surface area contributed by atoms with E-state index in [1.165, 1.54) is 19.3 Å². The molecule has 1 rings (SSSR count). The molecule has 0 saturated heterocycles. The van der Waals surface area contributed by atoms with E-state index in [1.807, 2.05) is 0 Å². The molecule has 15 heavy (non-hydrogen) atoms. The lowest BCUT2D eigenvalue weighted by atomic mass is 10.1. The first-order valence-corrected chi connectivity index (χ1v) is 6.53. The minimum atomic E-state index is -0.218. The predicted octanol–water partition coefficient (Wildman–Crippen LogP) is 3.13. The van der Waals surface area contributed by atoms with Crippen molar-refractivity contribution in [3.8, 4) is 0 Å². The summed E-state index contributed by atoms with van der Waals surface area (Å²) in [6.07, 6.45) is 7.83. The molecule has 1 N–H and O–H groups in total. The van der Waals surface area contributed by atoms with E-state index in [4.69, 9.17) is 4.74 Å². The van der Waals surface area contributed by atoms with Gasteiger partial charge in [0.25, 0.3) is 0 Å². The summed E-state index contributed by atoms with van der Waals surface area (Å²) in [4.78, 5) is 0. The normalized spacial score (nSPS) is 29.8. The van der Waals surface area contributed by atoms with Crippen LogP contribution < -0.4 is 0 Å². The molecule has 0 amide bonds. The van der Waals surface area contributed by atoms with Crippen LogP contribution in [0.3, 0.4) is 0 Å². The van der Waals surface area contributed by atoms with Gasteiger partial charge in [0, 0.05) is 6.61 Å². The largest absolute Gasteiger partial charge is 0.390 e. The van der Waals surface area contributed by atoms with Crippen molar-refractivity contribution < 1.29 is 9.84 Å². The molecule has 2 heteroatoms. The van der Waals surface area contributed by atoms with Crippen molar-refractivity contribution >= 4 is 0 Å². The summed E-state index contributed by atoms with van der Waals surface area (Å²) in [5, 5.41) is 9.85. The molecule has 0 spiro atoms. The van der Waals surface area contributed by atoms with Gasteiger partial charge in [-0.3, -0.25) is 0 Å². The quantitative estimate of drug-likeness (QED) is 0.712. The molecule has 1 aliphatic rings. The summed E-state index contributed by atoms with van der Waals surface area (Å²) < 4.78 is 5.80. The molecule has 3 atom stereocenters. The average molecular weight is 214 g/mol. The topological polar surface area (TPSA) is 29.5 Å². The summed E-state index contributed by atoms with van der Waals surface area (Å²) >= 11 is 0. The van der Waals surface area contributed by atoms with E-state index < -0.39 is 0 Å². The average Bonchev–Trinajstić information content (AvgIpc) is 2.44. The lowest BCUT2D eigenvalue weighted by Crippen LogP contribution is -2.28. The number of ether oxygens (including phenoxy) is 1. The lowest BCUT2D eigenvalue weighted by molar-refractivity contribution is -0.0434. The second kappa shape index (κ2) is 7.24. The monoisotopic (exact) mass is 214 g/mol. The molecule has 2 nitrogen and oxygen atoms in total. The molecule has 0 bridgehead atoms. The minimum Gasteiger partial charge on any atom is -0.390 e. The Labute approximate surface area is 94.0 Å². The predicted molar refractivity (Wildman–Crippen MR) is 62.9 cm³/mol. The fraction of sp³-hybridized carbons (Fsp3) is 1.00. The van der Waals surface area contributed by atoms with Gasteiger partial charge in [-0.15, -0.1) is 0 Å². The second-order valence-corrected chi connectivity index (χ2v) is 4.92. The zero-order valence-electron chi connectivity index (χ0n) is 10.2. The van der Waals surface area contributed by atoms with Crippen molar-refractivity contribution in [2.24, 2.45) is 5.92 Å². The van der Waals surface area contributed by atoms with Crippen LogP contribution in [0.5, 0.6) is 0 Å². The third-order valence-corrected chi connectivity index (χ3v) is 3.56. The fourth-order valence-corrected chi connectivity index (χ4v) is 2.07. The zero-order chi connectivity index (χ0) is 11.1. The number of hydrogen-bond donors (Lipinski definition) is 1. The Balaban J connectivity index is 2.17.